The van der Waals surface area contributed by atoms with Crippen LogP contribution in [0.5, 0.6) is 5.75 Å². The molecular weight excluding hydrogens is 229 g/mol. The predicted molar refractivity (Wildman–Crippen MR) is 68.8 cm³/mol. The van der Waals surface area contributed by atoms with Crippen LogP contribution in [0.4, 0.5) is 4.39 Å². The van der Waals surface area contributed by atoms with E-state index in [2.05, 4.69) is 4.90 Å². The smallest absolute Gasteiger partial charge is 0.165 e. The molecule has 1 aliphatic heterocycles. The van der Waals surface area contributed by atoms with Crippen LogP contribution in [0.25, 0.3) is 0 Å². The van der Waals surface area contributed by atoms with E-state index in [0.717, 1.165) is 24.6 Å². The van der Waals surface area contributed by atoms with Gasteiger partial charge in [-0.15, -0.1) is 0 Å². The number of benzene rings is 1. The van der Waals surface area contributed by atoms with Crippen molar-refractivity contribution in [3.8, 4) is 5.75 Å². The van der Waals surface area contributed by atoms with E-state index in [9.17, 15) is 9.50 Å². The zero-order chi connectivity index (χ0) is 12.5. The van der Waals surface area contributed by atoms with Gasteiger partial charge in [0, 0.05) is 12.6 Å². The van der Waals surface area contributed by atoms with Crippen molar-refractivity contribution in [2.24, 2.45) is 5.92 Å². The highest BCUT2D eigenvalue weighted by molar-refractivity contribution is 5.28. The van der Waals surface area contributed by atoms with Crippen molar-refractivity contribution in [2.45, 2.75) is 44.7 Å². The molecule has 0 radical (unpaired) electrons. The highest BCUT2D eigenvalue weighted by Crippen LogP contribution is 2.36. The van der Waals surface area contributed by atoms with Crippen LogP contribution < -0.4 is 0 Å². The number of halogens is 1. The molecular formula is C15H20FNO. The molecule has 1 heterocycles. The van der Waals surface area contributed by atoms with E-state index < -0.39 is 5.82 Å². The number of nitrogens with zero attached hydrogens (tertiary/aromatic N) is 1. The first-order valence-corrected chi connectivity index (χ1v) is 6.95. The Kier molecular flexibility index (Phi) is 3.25. The van der Waals surface area contributed by atoms with E-state index in [1.54, 1.807) is 0 Å². The van der Waals surface area contributed by atoms with Crippen LogP contribution in [0, 0.1) is 11.7 Å². The van der Waals surface area contributed by atoms with Crippen LogP contribution in [-0.4, -0.2) is 22.6 Å². The van der Waals surface area contributed by atoms with Crippen LogP contribution in [0.2, 0.25) is 0 Å². The molecule has 98 valence electrons. The maximum atomic E-state index is 13.3. The van der Waals surface area contributed by atoms with Crippen molar-refractivity contribution in [1.29, 1.82) is 0 Å². The van der Waals surface area contributed by atoms with Crippen molar-refractivity contribution in [3.05, 3.63) is 29.6 Å². The summed E-state index contributed by atoms with van der Waals surface area (Å²) in [7, 11) is 0. The van der Waals surface area contributed by atoms with Gasteiger partial charge in [0.25, 0.3) is 0 Å². The van der Waals surface area contributed by atoms with Crippen molar-refractivity contribution in [3.63, 3.8) is 0 Å². The Labute approximate surface area is 107 Å². The summed E-state index contributed by atoms with van der Waals surface area (Å²) in [5, 5.41) is 9.20. The molecule has 0 aromatic heterocycles. The van der Waals surface area contributed by atoms with E-state index in [-0.39, 0.29) is 5.75 Å². The number of phenols is 1. The minimum absolute atomic E-state index is 0.254. The second kappa shape index (κ2) is 4.88. The number of phenolic OH excluding ortho intramolecular Hbond substituents is 1. The third-order valence-corrected chi connectivity index (χ3v) is 4.52. The number of hydrogen-bond acceptors (Lipinski definition) is 2. The first-order chi connectivity index (χ1) is 8.74. The summed E-state index contributed by atoms with van der Waals surface area (Å²) in [4.78, 5) is 2.50. The summed E-state index contributed by atoms with van der Waals surface area (Å²) in [6.07, 6.45) is 6.67. The predicted octanol–water partition coefficient (Wildman–Crippen LogP) is 3.30. The highest BCUT2D eigenvalue weighted by Gasteiger charge is 2.35. The minimum Gasteiger partial charge on any atom is -0.505 e. The fourth-order valence-electron chi connectivity index (χ4n) is 3.58. The van der Waals surface area contributed by atoms with Gasteiger partial charge in [0.1, 0.15) is 0 Å². The minimum atomic E-state index is -0.508. The molecule has 2 fully saturated rings. The lowest BCUT2D eigenvalue weighted by Crippen LogP contribution is -2.34. The van der Waals surface area contributed by atoms with Gasteiger partial charge in [0.2, 0.25) is 0 Å². The Hall–Kier alpha value is -1.09. The van der Waals surface area contributed by atoms with E-state index in [1.807, 2.05) is 6.07 Å². The van der Waals surface area contributed by atoms with Gasteiger partial charge in [-0.2, -0.15) is 0 Å². The van der Waals surface area contributed by atoms with E-state index >= 15 is 0 Å². The molecule has 0 amide bonds. The van der Waals surface area contributed by atoms with Crippen molar-refractivity contribution in [1.82, 2.24) is 4.90 Å². The molecule has 0 spiro atoms. The second-order valence-corrected chi connectivity index (χ2v) is 5.66. The van der Waals surface area contributed by atoms with Crippen LogP contribution in [0.15, 0.2) is 18.2 Å². The molecule has 2 aliphatic rings. The molecule has 0 bridgehead atoms. The van der Waals surface area contributed by atoms with E-state index in [0.29, 0.717) is 6.04 Å². The van der Waals surface area contributed by atoms with Crippen molar-refractivity contribution >= 4 is 0 Å². The molecule has 18 heavy (non-hydrogen) atoms. The fourth-order valence-corrected chi connectivity index (χ4v) is 3.58. The lowest BCUT2D eigenvalue weighted by atomic mass is 9.85. The zero-order valence-corrected chi connectivity index (χ0v) is 10.6. The molecule has 1 aromatic rings. The zero-order valence-electron chi connectivity index (χ0n) is 10.6. The molecule has 1 aliphatic carbocycles. The molecule has 1 saturated carbocycles. The molecule has 2 atom stereocenters. The van der Waals surface area contributed by atoms with Crippen molar-refractivity contribution < 1.29 is 9.50 Å². The summed E-state index contributed by atoms with van der Waals surface area (Å²) in [6, 6.07) is 5.45. The number of hydrogen-bond donors (Lipinski definition) is 1. The molecule has 3 rings (SSSR count). The third kappa shape index (κ3) is 2.24. The number of rotatable bonds is 2. The summed E-state index contributed by atoms with van der Waals surface area (Å²) in [6.45, 7) is 1.95. The van der Waals surface area contributed by atoms with Crippen molar-refractivity contribution in [2.75, 3.05) is 6.54 Å². The van der Waals surface area contributed by atoms with Crippen LogP contribution in [-0.2, 0) is 6.54 Å². The third-order valence-electron chi connectivity index (χ3n) is 4.52. The Morgan fingerprint density at radius 3 is 2.89 bits per heavy atom. The summed E-state index contributed by atoms with van der Waals surface area (Å²) in [5.74, 6) is 0.100. The van der Waals surface area contributed by atoms with Gasteiger partial charge in [-0.3, -0.25) is 4.90 Å². The topological polar surface area (TPSA) is 23.5 Å². The van der Waals surface area contributed by atoms with Gasteiger partial charge in [-0.05, 0) is 49.4 Å². The standard InChI is InChI=1S/C15H20FNO/c16-13-9-11(5-6-15(13)18)10-17-8-7-12-3-1-2-4-14(12)17/h5-6,9,12,14,18H,1-4,7-8,10H2. The average molecular weight is 249 g/mol. The number of aromatic hydroxyl groups is 1. The summed E-state index contributed by atoms with van der Waals surface area (Å²) >= 11 is 0. The quantitative estimate of drug-likeness (QED) is 0.869. The normalized spacial score (nSPS) is 28.3. The highest BCUT2D eigenvalue weighted by atomic mass is 19.1. The van der Waals surface area contributed by atoms with Crippen LogP contribution in [0.1, 0.15) is 37.7 Å². The molecule has 3 heteroatoms. The van der Waals surface area contributed by atoms with E-state index in [1.165, 1.54) is 44.2 Å². The lowest BCUT2D eigenvalue weighted by Gasteiger charge is -2.31. The maximum Gasteiger partial charge on any atom is 0.165 e. The average Bonchev–Trinajstić information content (AvgIpc) is 2.78. The van der Waals surface area contributed by atoms with Gasteiger partial charge in [-0.1, -0.05) is 18.9 Å². The Morgan fingerprint density at radius 1 is 1.22 bits per heavy atom. The SMILES string of the molecule is Oc1ccc(CN2CCC3CCCCC32)cc1F. The molecule has 2 nitrogen and oxygen atoms in total. The van der Waals surface area contributed by atoms with Crippen LogP contribution >= 0.6 is 0 Å². The van der Waals surface area contributed by atoms with E-state index in [4.69, 9.17) is 0 Å². The van der Waals surface area contributed by atoms with Crippen LogP contribution in [0.3, 0.4) is 0 Å². The first kappa shape index (κ1) is 12.0. The summed E-state index contributed by atoms with van der Waals surface area (Å²) < 4.78 is 13.3. The Bertz CT molecular complexity index is 435. The largest absolute Gasteiger partial charge is 0.505 e. The molecule has 1 N–H and O–H groups in total. The molecule has 1 saturated heterocycles. The maximum absolute atomic E-state index is 13.3. The fraction of sp³-hybridized carbons (Fsp3) is 0.600. The van der Waals surface area contributed by atoms with Gasteiger partial charge in [0.05, 0.1) is 0 Å². The van der Waals surface area contributed by atoms with Gasteiger partial charge in [0.15, 0.2) is 11.6 Å². The Morgan fingerprint density at radius 2 is 2.06 bits per heavy atom. The lowest BCUT2D eigenvalue weighted by molar-refractivity contribution is 0.176. The van der Waals surface area contributed by atoms with Gasteiger partial charge < -0.3 is 5.11 Å². The van der Waals surface area contributed by atoms with Gasteiger partial charge in [-0.25, -0.2) is 4.39 Å². The molecule has 1 aromatic carbocycles. The number of fused-ring (bicyclic) bond motifs is 1. The monoisotopic (exact) mass is 249 g/mol. The summed E-state index contributed by atoms with van der Waals surface area (Å²) in [5.41, 5.74) is 0.969. The Balaban J connectivity index is 1.70. The second-order valence-electron chi connectivity index (χ2n) is 5.66. The van der Waals surface area contributed by atoms with Gasteiger partial charge >= 0.3 is 0 Å². The number of likely N-dealkylation sites (tertiary alicyclic amines) is 1. The first-order valence-electron chi connectivity index (χ1n) is 6.95. The molecule has 2 unspecified atom stereocenters.